The van der Waals surface area contributed by atoms with Gasteiger partial charge in [0.25, 0.3) is 0 Å². The SMILES string of the molecule is CCOC(CCn1cc(COc2nc(OCc3cn(CCC(OCC)OCC)nn3)nc(OCc3cn(CCC(OCC)OCC)nn3)n2)nn1)OCC. The first-order valence-electron chi connectivity index (χ1n) is 18.5. The van der Waals surface area contributed by atoms with E-state index in [4.69, 9.17) is 42.6 Å². The Morgan fingerprint density at radius 3 is 0.926 bits per heavy atom. The number of hydrogen-bond donors (Lipinski definition) is 0. The van der Waals surface area contributed by atoms with Crippen molar-refractivity contribution in [3.8, 4) is 18.0 Å². The van der Waals surface area contributed by atoms with E-state index in [1.54, 1.807) is 32.6 Å². The molecule has 21 nitrogen and oxygen atoms in total. The summed E-state index contributed by atoms with van der Waals surface area (Å²) in [5.41, 5.74) is 1.68. The van der Waals surface area contributed by atoms with Crippen LogP contribution in [0.15, 0.2) is 18.6 Å². The molecule has 0 spiro atoms. The van der Waals surface area contributed by atoms with Crippen molar-refractivity contribution >= 4 is 0 Å². The van der Waals surface area contributed by atoms with Crippen LogP contribution in [0.3, 0.4) is 0 Å². The average Bonchev–Trinajstić information content (AvgIpc) is 3.95. The lowest BCUT2D eigenvalue weighted by molar-refractivity contribution is -0.141. The van der Waals surface area contributed by atoms with Gasteiger partial charge in [0.15, 0.2) is 18.9 Å². The Hall–Kier alpha value is -4.41. The van der Waals surface area contributed by atoms with Gasteiger partial charge in [0, 0.05) is 78.5 Å². The number of rotatable bonds is 30. The first-order chi connectivity index (χ1) is 26.4. The number of nitrogens with zero attached hydrogens (tertiary/aromatic N) is 12. The van der Waals surface area contributed by atoms with Gasteiger partial charge in [-0.15, -0.1) is 30.2 Å². The summed E-state index contributed by atoms with van der Waals surface area (Å²) in [5.74, 6) is 0. The third-order valence-electron chi connectivity index (χ3n) is 7.28. The molecule has 21 heteroatoms. The highest BCUT2D eigenvalue weighted by molar-refractivity contribution is 5.10. The van der Waals surface area contributed by atoms with Gasteiger partial charge in [0.05, 0.1) is 18.6 Å². The Balaban J connectivity index is 1.39. The second kappa shape index (κ2) is 24.1. The fourth-order valence-electron chi connectivity index (χ4n) is 4.94. The molecular weight excluding hydrogens is 708 g/mol. The molecule has 0 fully saturated rings. The monoisotopic (exact) mass is 762 g/mol. The van der Waals surface area contributed by atoms with Crippen LogP contribution in [0, 0.1) is 0 Å². The molecule has 54 heavy (non-hydrogen) atoms. The molecule has 0 aliphatic carbocycles. The highest BCUT2D eigenvalue weighted by Gasteiger charge is 2.16. The minimum Gasteiger partial charge on any atom is -0.457 e. The lowest BCUT2D eigenvalue weighted by Crippen LogP contribution is -2.19. The average molecular weight is 763 g/mol. The van der Waals surface area contributed by atoms with Crippen molar-refractivity contribution in [2.45, 2.75) is 119 Å². The Morgan fingerprint density at radius 1 is 0.426 bits per heavy atom. The molecule has 0 saturated carbocycles. The predicted molar refractivity (Wildman–Crippen MR) is 188 cm³/mol. The summed E-state index contributed by atoms with van der Waals surface area (Å²) in [6.45, 7) is 16.6. The van der Waals surface area contributed by atoms with Crippen molar-refractivity contribution in [3.63, 3.8) is 0 Å². The normalized spacial score (nSPS) is 11.7. The quantitative estimate of drug-likeness (QED) is 0.0698. The van der Waals surface area contributed by atoms with Crippen LogP contribution in [0.4, 0.5) is 0 Å². The molecule has 0 aromatic carbocycles. The highest BCUT2D eigenvalue weighted by atomic mass is 16.7. The summed E-state index contributed by atoms with van der Waals surface area (Å²) in [5, 5.41) is 25.2. The molecule has 0 aliphatic heterocycles. The van der Waals surface area contributed by atoms with Crippen molar-refractivity contribution in [2.75, 3.05) is 39.6 Å². The topological polar surface area (TPSA) is 214 Å². The van der Waals surface area contributed by atoms with E-state index in [0.29, 0.717) is 95.6 Å². The summed E-state index contributed by atoms with van der Waals surface area (Å²) in [6, 6.07) is -0.124. The van der Waals surface area contributed by atoms with Crippen molar-refractivity contribution < 1.29 is 42.6 Å². The van der Waals surface area contributed by atoms with Gasteiger partial charge >= 0.3 is 18.0 Å². The lowest BCUT2D eigenvalue weighted by Gasteiger charge is -2.16. The lowest BCUT2D eigenvalue weighted by atomic mass is 10.4. The van der Waals surface area contributed by atoms with Crippen LogP contribution >= 0.6 is 0 Å². The summed E-state index contributed by atoms with van der Waals surface area (Å²) in [7, 11) is 0. The van der Waals surface area contributed by atoms with Crippen molar-refractivity contribution in [1.29, 1.82) is 0 Å². The molecule has 4 rings (SSSR count). The maximum atomic E-state index is 5.89. The van der Waals surface area contributed by atoms with Gasteiger partial charge in [-0.3, -0.25) is 14.0 Å². The minimum atomic E-state index is -0.318. The van der Waals surface area contributed by atoms with E-state index < -0.39 is 0 Å². The van der Waals surface area contributed by atoms with E-state index in [9.17, 15) is 0 Å². The van der Waals surface area contributed by atoms with Gasteiger partial charge in [0.1, 0.15) is 36.9 Å². The Labute approximate surface area is 314 Å². The van der Waals surface area contributed by atoms with Gasteiger partial charge < -0.3 is 42.6 Å². The van der Waals surface area contributed by atoms with Crippen molar-refractivity contribution in [3.05, 3.63) is 35.7 Å². The molecule has 0 bridgehead atoms. The molecular formula is C33H54N12O9. The van der Waals surface area contributed by atoms with Gasteiger partial charge in [-0.05, 0) is 41.5 Å². The molecule has 4 aromatic rings. The summed E-state index contributed by atoms with van der Waals surface area (Å²) >= 11 is 0. The Morgan fingerprint density at radius 2 is 0.685 bits per heavy atom. The number of aryl methyl sites for hydroxylation is 3. The molecule has 4 aromatic heterocycles. The van der Waals surface area contributed by atoms with Crippen LogP contribution in [0.25, 0.3) is 0 Å². The number of hydrogen-bond acceptors (Lipinski definition) is 18. The number of aromatic nitrogens is 12. The maximum absolute atomic E-state index is 5.89. The minimum absolute atomic E-state index is 0.0286. The largest absolute Gasteiger partial charge is 0.457 e. The van der Waals surface area contributed by atoms with E-state index in [1.807, 2.05) is 41.5 Å². The molecule has 0 atom stereocenters. The third kappa shape index (κ3) is 15.1. The van der Waals surface area contributed by atoms with Crippen LogP contribution in [0.5, 0.6) is 18.0 Å². The summed E-state index contributed by atoms with van der Waals surface area (Å²) < 4.78 is 56.5. The summed E-state index contributed by atoms with van der Waals surface area (Å²) in [6.07, 6.45) is 6.20. The molecule has 0 N–H and O–H groups in total. The summed E-state index contributed by atoms with van der Waals surface area (Å²) in [4.78, 5) is 13.0. The fraction of sp³-hybridized carbons (Fsp3) is 0.727. The van der Waals surface area contributed by atoms with Crippen molar-refractivity contribution in [2.24, 2.45) is 0 Å². The van der Waals surface area contributed by atoms with Gasteiger partial charge in [0.2, 0.25) is 0 Å². The van der Waals surface area contributed by atoms with Crippen molar-refractivity contribution in [1.82, 2.24) is 59.9 Å². The molecule has 0 aliphatic rings. The fourth-order valence-corrected chi connectivity index (χ4v) is 4.94. The highest BCUT2D eigenvalue weighted by Crippen LogP contribution is 2.18. The van der Waals surface area contributed by atoms with Gasteiger partial charge in [-0.25, -0.2) is 0 Å². The van der Waals surface area contributed by atoms with E-state index >= 15 is 0 Å². The first-order valence-corrected chi connectivity index (χ1v) is 18.5. The number of ether oxygens (including phenoxy) is 9. The molecule has 0 saturated heterocycles. The maximum Gasteiger partial charge on any atom is 0.326 e. The van der Waals surface area contributed by atoms with E-state index in [0.717, 1.165) is 0 Å². The predicted octanol–water partition coefficient (Wildman–Crippen LogP) is 2.75. The van der Waals surface area contributed by atoms with E-state index in [2.05, 4.69) is 45.9 Å². The zero-order valence-electron chi connectivity index (χ0n) is 32.1. The van der Waals surface area contributed by atoms with Gasteiger partial charge in [-0.2, -0.15) is 0 Å². The second-order valence-corrected chi connectivity index (χ2v) is 11.4. The Kier molecular flexibility index (Phi) is 18.9. The molecule has 0 radical (unpaired) electrons. The molecule has 300 valence electrons. The zero-order valence-corrected chi connectivity index (χ0v) is 32.1. The molecule has 0 unspecified atom stereocenters. The van der Waals surface area contributed by atoms with Crippen LogP contribution in [0.2, 0.25) is 0 Å². The molecule has 4 heterocycles. The van der Waals surface area contributed by atoms with E-state index in [1.165, 1.54) is 0 Å². The smallest absolute Gasteiger partial charge is 0.326 e. The third-order valence-corrected chi connectivity index (χ3v) is 7.28. The van der Waals surface area contributed by atoms with Crippen LogP contribution in [-0.4, -0.2) is 118 Å². The van der Waals surface area contributed by atoms with Crippen LogP contribution in [-0.2, 0) is 67.9 Å². The van der Waals surface area contributed by atoms with Gasteiger partial charge in [-0.1, -0.05) is 15.6 Å². The first kappa shape index (κ1) is 42.3. The Bertz CT molecular complexity index is 1380. The van der Waals surface area contributed by atoms with Crippen LogP contribution < -0.4 is 14.2 Å². The van der Waals surface area contributed by atoms with Crippen LogP contribution in [0.1, 0.15) is 77.9 Å². The zero-order chi connectivity index (χ0) is 38.4. The molecule has 0 amide bonds. The van der Waals surface area contributed by atoms with E-state index in [-0.39, 0.29) is 56.7 Å². The standard InChI is InChI=1S/C33H54N12O9/c1-7-46-28(47-8-2)13-16-43-19-25(37-40-43)22-52-31-34-32(53-23-26-20-44(41-38-26)17-14-29(48-9-3)49-10-4)36-33(35-31)54-24-27-21-45(42-39-27)18-15-30(50-11-5)51-12-6/h19-21,28-30H,7-18,22-24H2,1-6H3. The second-order valence-electron chi connectivity index (χ2n) is 11.4.